The predicted molar refractivity (Wildman–Crippen MR) is 106 cm³/mol. The third kappa shape index (κ3) is 3.22. The third-order valence-corrected chi connectivity index (χ3v) is 5.35. The van der Waals surface area contributed by atoms with Crippen LogP contribution < -0.4 is 4.90 Å². The molecule has 150 valence electrons. The van der Waals surface area contributed by atoms with Gasteiger partial charge in [-0.1, -0.05) is 12.1 Å². The number of nitrogens with zero attached hydrogens (tertiary/aromatic N) is 3. The largest absolute Gasteiger partial charge is 0.507 e. The first-order valence-electron chi connectivity index (χ1n) is 8.59. The molecule has 10 heteroatoms. The van der Waals surface area contributed by atoms with Crippen molar-refractivity contribution in [1.29, 1.82) is 0 Å². The Morgan fingerprint density at radius 1 is 1.20 bits per heavy atom. The van der Waals surface area contributed by atoms with Crippen LogP contribution in [0.3, 0.4) is 0 Å². The fourth-order valence-electron chi connectivity index (χ4n) is 3.25. The van der Waals surface area contributed by atoms with Crippen LogP contribution in [0.4, 0.5) is 15.2 Å². The number of nitro benzene ring substituents is 1. The van der Waals surface area contributed by atoms with Crippen LogP contribution in [0.2, 0.25) is 0 Å². The first-order chi connectivity index (χ1) is 14.4. The molecule has 0 saturated carbocycles. The number of ketones is 1. The number of amides is 1. The number of aromatic nitrogens is 1. The fourth-order valence-corrected chi connectivity index (χ4v) is 3.92. The molecule has 1 saturated heterocycles. The molecule has 4 rings (SSSR count). The zero-order valence-electron chi connectivity index (χ0n) is 15.1. The normalized spacial score (nSPS) is 18.0. The monoisotopic (exact) mass is 425 g/mol. The molecule has 0 radical (unpaired) electrons. The summed E-state index contributed by atoms with van der Waals surface area (Å²) in [6, 6.07) is 9.06. The van der Waals surface area contributed by atoms with E-state index in [9.17, 15) is 29.2 Å². The maximum Gasteiger partial charge on any atom is 0.301 e. The van der Waals surface area contributed by atoms with Crippen molar-refractivity contribution in [2.75, 3.05) is 4.90 Å². The number of nitro groups is 1. The molecule has 2 aromatic carbocycles. The zero-order chi connectivity index (χ0) is 21.4. The molecule has 8 nitrogen and oxygen atoms in total. The maximum absolute atomic E-state index is 13.3. The summed E-state index contributed by atoms with van der Waals surface area (Å²) in [6.07, 6.45) is 1.45. The summed E-state index contributed by atoms with van der Waals surface area (Å²) < 4.78 is 13.3. The van der Waals surface area contributed by atoms with Crippen LogP contribution in [-0.4, -0.2) is 26.7 Å². The van der Waals surface area contributed by atoms with E-state index in [1.165, 1.54) is 42.6 Å². The summed E-state index contributed by atoms with van der Waals surface area (Å²) in [6.45, 7) is 0. The Bertz CT molecular complexity index is 1190. The second-order valence-electron chi connectivity index (χ2n) is 6.34. The van der Waals surface area contributed by atoms with E-state index in [0.717, 1.165) is 28.4 Å². The zero-order valence-corrected chi connectivity index (χ0v) is 15.9. The van der Waals surface area contributed by atoms with Gasteiger partial charge in [0, 0.05) is 29.3 Å². The molecule has 1 aliphatic heterocycles. The van der Waals surface area contributed by atoms with Gasteiger partial charge in [-0.25, -0.2) is 9.37 Å². The van der Waals surface area contributed by atoms with Crippen LogP contribution in [-0.2, 0) is 9.59 Å². The number of hydrogen-bond acceptors (Lipinski definition) is 7. The molecule has 1 fully saturated rings. The summed E-state index contributed by atoms with van der Waals surface area (Å²) in [5.74, 6) is -2.94. The average Bonchev–Trinajstić information content (AvgIpc) is 3.35. The lowest BCUT2D eigenvalue weighted by molar-refractivity contribution is -0.384. The van der Waals surface area contributed by atoms with Crippen LogP contribution in [0.5, 0.6) is 0 Å². The van der Waals surface area contributed by atoms with Gasteiger partial charge in [0.05, 0.1) is 16.5 Å². The van der Waals surface area contributed by atoms with Gasteiger partial charge in [-0.05, 0) is 29.8 Å². The van der Waals surface area contributed by atoms with Gasteiger partial charge in [-0.3, -0.25) is 24.6 Å². The summed E-state index contributed by atoms with van der Waals surface area (Å²) in [5, 5.41) is 23.9. The molecule has 3 aromatic rings. The lowest BCUT2D eigenvalue weighted by Crippen LogP contribution is -2.29. The predicted octanol–water partition coefficient (Wildman–Crippen LogP) is 3.82. The van der Waals surface area contributed by atoms with E-state index in [1.807, 2.05) is 0 Å². The lowest BCUT2D eigenvalue weighted by Gasteiger charge is -2.22. The molecule has 0 bridgehead atoms. The molecule has 1 atom stereocenters. The summed E-state index contributed by atoms with van der Waals surface area (Å²) in [4.78, 5) is 41.5. The van der Waals surface area contributed by atoms with Gasteiger partial charge in [0.2, 0.25) is 0 Å². The number of hydrogen-bond donors (Lipinski definition) is 1. The van der Waals surface area contributed by atoms with Crippen LogP contribution in [0.25, 0.3) is 5.76 Å². The number of rotatable bonds is 4. The molecule has 0 spiro atoms. The number of anilines is 1. The van der Waals surface area contributed by atoms with E-state index in [0.29, 0.717) is 0 Å². The highest BCUT2D eigenvalue weighted by molar-refractivity contribution is 7.14. The first-order valence-corrected chi connectivity index (χ1v) is 9.47. The number of carbonyl (C=O) groups excluding carboxylic acids is 2. The second-order valence-corrected chi connectivity index (χ2v) is 7.22. The van der Waals surface area contributed by atoms with E-state index in [4.69, 9.17) is 0 Å². The van der Waals surface area contributed by atoms with E-state index in [2.05, 4.69) is 4.98 Å². The van der Waals surface area contributed by atoms with E-state index in [-0.39, 0.29) is 27.5 Å². The van der Waals surface area contributed by atoms with Gasteiger partial charge >= 0.3 is 5.91 Å². The topological polar surface area (TPSA) is 114 Å². The number of halogens is 1. The van der Waals surface area contributed by atoms with Crippen molar-refractivity contribution in [2.24, 2.45) is 0 Å². The van der Waals surface area contributed by atoms with Crippen LogP contribution in [0.15, 0.2) is 65.7 Å². The van der Waals surface area contributed by atoms with Gasteiger partial charge in [0.15, 0.2) is 5.13 Å². The van der Waals surface area contributed by atoms with E-state index >= 15 is 0 Å². The van der Waals surface area contributed by atoms with Gasteiger partial charge in [0.25, 0.3) is 11.5 Å². The van der Waals surface area contributed by atoms with Crippen LogP contribution >= 0.6 is 11.3 Å². The smallest absolute Gasteiger partial charge is 0.301 e. The van der Waals surface area contributed by atoms with Crippen molar-refractivity contribution < 1.29 is 24.0 Å². The molecule has 2 heterocycles. The number of thiazole rings is 1. The van der Waals surface area contributed by atoms with Gasteiger partial charge < -0.3 is 5.11 Å². The number of Topliss-reactive ketones (excluding diaryl/α,β-unsaturated/α-hetero) is 1. The Labute approximate surface area is 172 Å². The van der Waals surface area contributed by atoms with Gasteiger partial charge in [-0.15, -0.1) is 11.3 Å². The molecule has 1 aliphatic rings. The highest BCUT2D eigenvalue weighted by atomic mass is 32.1. The molecule has 1 N–H and O–H groups in total. The summed E-state index contributed by atoms with van der Waals surface area (Å²) in [7, 11) is 0. The minimum absolute atomic E-state index is 0.129. The standard InChI is InChI=1S/C20H12FN3O5S/c21-13-6-4-11(5-7-13)17(25)15-16(12-2-1-3-14(10-12)24(28)29)23(19(27)18(15)26)20-22-8-9-30-20/h1-10,16,25H/t16-/m0/s1. The minimum atomic E-state index is -1.14. The van der Waals surface area contributed by atoms with Gasteiger partial charge in [0.1, 0.15) is 11.6 Å². The Morgan fingerprint density at radius 3 is 2.57 bits per heavy atom. The molecule has 30 heavy (non-hydrogen) atoms. The van der Waals surface area contributed by atoms with Crippen molar-refractivity contribution in [3.8, 4) is 0 Å². The second kappa shape index (κ2) is 7.48. The Hall–Kier alpha value is -3.92. The number of benzene rings is 2. The molecule has 0 unspecified atom stereocenters. The Morgan fingerprint density at radius 2 is 1.93 bits per heavy atom. The van der Waals surface area contributed by atoms with Crippen LogP contribution in [0, 0.1) is 15.9 Å². The van der Waals surface area contributed by atoms with Crippen LogP contribution in [0.1, 0.15) is 17.2 Å². The SMILES string of the molecule is O=C1C(=O)N(c2nccs2)[C@@H](c2cccc([N+](=O)[O-])c2)C1=C(O)c1ccc(F)cc1. The van der Waals surface area contributed by atoms with Crippen molar-refractivity contribution >= 4 is 39.6 Å². The number of carbonyl (C=O) groups is 2. The maximum atomic E-state index is 13.3. The Kier molecular flexibility index (Phi) is 4.84. The quantitative estimate of drug-likeness (QED) is 0.224. The van der Waals surface area contributed by atoms with Crippen molar-refractivity contribution in [3.63, 3.8) is 0 Å². The third-order valence-electron chi connectivity index (χ3n) is 4.58. The molecule has 1 aromatic heterocycles. The number of aliphatic hydroxyl groups excluding tert-OH is 1. The number of aliphatic hydroxyl groups is 1. The molecule has 1 amide bonds. The molecule has 0 aliphatic carbocycles. The fraction of sp³-hybridized carbons (Fsp3) is 0.0500. The summed E-state index contributed by atoms with van der Waals surface area (Å²) in [5.41, 5.74) is -0.118. The molecular weight excluding hydrogens is 413 g/mol. The first kappa shape index (κ1) is 19.4. The Balaban J connectivity index is 1.95. The lowest BCUT2D eigenvalue weighted by atomic mass is 9.95. The highest BCUT2D eigenvalue weighted by Gasteiger charge is 2.48. The van der Waals surface area contributed by atoms with Crippen molar-refractivity contribution in [2.45, 2.75) is 6.04 Å². The summed E-state index contributed by atoms with van der Waals surface area (Å²) >= 11 is 1.10. The highest BCUT2D eigenvalue weighted by Crippen LogP contribution is 2.43. The number of non-ortho nitro benzene ring substituents is 1. The minimum Gasteiger partial charge on any atom is -0.507 e. The van der Waals surface area contributed by atoms with E-state index in [1.54, 1.807) is 5.38 Å². The van der Waals surface area contributed by atoms with Crippen molar-refractivity contribution in [1.82, 2.24) is 4.98 Å². The average molecular weight is 425 g/mol. The van der Waals surface area contributed by atoms with Gasteiger partial charge in [-0.2, -0.15) is 0 Å². The van der Waals surface area contributed by atoms with E-state index < -0.39 is 34.2 Å². The van der Waals surface area contributed by atoms with Crippen molar-refractivity contribution in [3.05, 3.63) is 92.7 Å². The molecular formula is C20H12FN3O5S.